The molecular formula is C14H11Cl2NO. The molecule has 2 nitrogen and oxygen atoms in total. The van der Waals surface area contributed by atoms with E-state index < -0.39 is 0 Å². The maximum atomic E-state index is 12.1. The summed E-state index contributed by atoms with van der Waals surface area (Å²) in [7, 11) is 0. The molecule has 0 saturated heterocycles. The van der Waals surface area contributed by atoms with E-state index in [4.69, 9.17) is 23.2 Å². The number of benzene rings is 1. The predicted octanol–water partition coefficient (Wildman–Crippen LogP) is 4.12. The van der Waals surface area contributed by atoms with Gasteiger partial charge in [0.25, 0.3) is 0 Å². The van der Waals surface area contributed by atoms with Crippen molar-refractivity contribution in [1.29, 1.82) is 0 Å². The van der Waals surface area contributed by atoms with E-state index in [2.05, 4.69) is 4.98 Å². The van der Waals surface area contributed by atoms with Crippen LogP contribution in [-0.4, -0.2) is 10.8 Å². The summed E-state index contributed by atoms with van der Waals surface area (Å²) in [5.74, 6) is 0.0165. The minimum Gasteiger partial charge on any atom is -0.294 e. The SMILES string of the molecule is Cc1cc(C(=O)Cc2ccncc2Cl)ccc1Cl. The number of aromatic nitrogens is 1. The second kappa shape index (κ2) is 5.51. The van der Waals surface area contributed by atoms with Gasteiger partial charge in [0.15, 0.2) is 5.78 Å². The average molecular weight is 280 g/mol. The fourth-order valence-electron chi connectivity index (χ4n) is 1.64. The van der Waals surface area contributed by atoms with Crippen molar-refractivity contribution in [2.45, 2.75) is 13.3 Å². The van der Waals surface area contributed by atoms with Crippen LogP contribution < -0.4 is 0 Å². The molecule has 0 radical (unpaired) electrons. The summed E-state index contributed by atoms with van der Waals surface area (Å²) in [6.07, 6.45) is 3.43. The number of halogens is 2. The number of rotatable bonds is 3. The second-order valence-electron chi connectivity index (χ2n) is 4.03. The lowest BCUT2D eigenvalue weighted by Crippen LogP contribution is -2.04. The first-order valence-electron chi connectivity index (χ1n) is 5.45. The Bertz CT molecular complexity index is 596. The van der Waals surface area contributed by atoms with Gasteiger partial charge in [0.2, 0.25) is 0 Å². The number of aryl methyl sites for hydroxylation is 1. The molecule has 2 rings (SSSR count). The van der Waals surface area contributed by atoms with Crippen LogP contribution in [0.25, 0.3) is 0 Å². The third kappa shape index (κ3) is 2.89. The van der Waals surface area contributed by atoms with Crippen molar-refractivity contribution in [2.75, 3.05) is 0 Å². The first-order valence-corrected chi connectivity index (χ1v) is 6.21. The molecule has 2 aromatic rings. The Balaban J connectivity index is 2.22. The molecule has 0 saturated carbocycles. The number of carbonyl (C=O) groups is 1. The van der Waals surface area contributed by atoms with E-state index in [9.17, 15) is 4.79 Å². The van der Waals surface area contributed by atoms with Crippen molar-refractivity contribution < 1.29 is 4.79 Å². The standard InChI is InChI=1S/C14H11Cl2NO/c1-9-6-11(2-3-12(9)15)14(18)7-10-4-5-17-8-13(10)16/h2-6,8H,7H2,1H3. The van der Waals surface area contributed by atoms with Gasteiger partial charge in [-0.05, 0) is 42.3 Å². The van der Waals surface area contributed by atoms with Crippen molar-refractivity contribution in [3.05, 3.63) is 63.4 Å². The van der Waals surface area contributed by atoms with E-state index >= 15 is 0 Å². The first-order chi connectivity index (χ1) is 8.58. The van der Waals surface area contributed by atoms with Crippen LogP contribution >= 0.6 is 23.2 Å². The van der Waals surface area contributed by atoms with Crippen LogP contribution in [-0.2, 0) is 6.42 Å². The minimum atomic E-state index is 0.0165. The highest BCUT2D eigenvalue weighted by atomic mass is 35.5. The highest BCUT2D eigenvalue weighted by Gasteiger charge is 2.10. The minimum absolute atomic E-state index is 0.0165. The molecule has 0 spiro atoms. The molecule has 1 aromatic carbocycles. The molecule has 92 valence electrons. The van der Waals surface area contributed by atoms with E-state index in [0.717, 1.165) is 11.1 Å². The molecule has 0 unspecified atom stereocenters. The second-order valence-corrected chi connectivity index (χ2v) is 4.85. The van der Waals surface area contributed by atoms with Crippen molar-refractivity contribution in [3.8, 4) is 0 Å². The molecule has 0 aliphatic carbocycles. The van der Waals surface area contributed by atoms with Gasteiger partial charge >= 0.3 is 0 Å². The third-order valence-corrected chi connectivity index (χ3v) is 3.45. The average Bonchev–Trinajstić information content (AvgIpc) is 2.35. The molecule has 0 aliphatic heterocycles. The van der Waals surface area contributed by atoms with Crippen molar-refractivity contribution in [1.82, 2.24) is 4.98 Å². The Morgan fingerprint density at radius 3 is 2.67 bits per heavy atom. The Hall–Kier alpha value is -1.38. The molecule has 1 heterocycles. The van der Waals surface area contributed by atoms with E-state index in [1.165, 1.54) is 6.20 Å². The zero-order valence-corrected chi connectivity index (χ0v) is 11.3. The molecule has 0 fully saturated rings. The van der Waals surface area contributed by atoms with Gasteiger partial charge in [0, 0.05) is 29.4 Å². The van der Waals surface area contributed by atoms with Gasteiger partial charge in [-0.15, -0.1) is 0 Å². The fourth-order valence-corrected chi connectivity index (χ4v) is 1.94. The number of Topliss-reactive ketones (excluding diaryl/α,β-unsaturated/α-hetero) is 1. The van der Waals surface area contributed by atoms with Crippen LogP contribution in [0.1, 0.15) is 21.5 Å². The van der Waals surface area contributed by atoms with Crippen LogP contribution in [0.2, 0.25) is 10.0 Å². The van der Waals surface area contributed by atoms with Gasteiger partial charge in [-0.3, -0.25) is 9.78 Å². The lowest BCUT2D eigenvalue weighted by Gasteiger charge is -2.05. The number of pyridine rings is 1. The summed E-state index contributed by atoms with van der Waals surface area (Å²) in [4.78, 5) is 16.0. The lowest BCUT2D eigenvalue weighted by molar-refractivity contribution is 0.0993. The smallest absolute Gasteiger partial charge is 0.167 e. The Kier molecular flexibility index (Phi) is 4.00. The molecule has 18 heavy (non-hydrogen) atoms. The molecule has 0 amide bonds. The number of carbonyl (C=O) groups excluding carboxylic acids is 1. The number of hydrogen-bond acceptors (Lipinski definition) is 2. The molecule has 0 N–H and O–H groups in total. The summed E-state index contributed by atoms with van der Waals surface area (Å²) >= 11 is 11.9. The van der Waals surface area contributed by atoms with Gasteiger partial charge in [0.1, 0.15) is 0 Å². The van der Waals surface area contributed by atoms with Crippen molar-refractivity contribution >= 4 is 29.0 Å². The molecule has 1 aromatic heterocycles. The van der Waals surface area contributed by atoms with Crippen LogP contribution in [0.15, 0.2) is 36.7 Å². The van der Waals surface area contributed by atoms with Crippen LogP contribution in [0, 0.1) is 6.92 Å². The summed E-state index contributed by atoms with van der Waals surface area (Å²) < 4.78 is 0. The first kappa shape index (κ1) is 13.1. The highest BCUT2D eigenvalue weighted by Crippen LogP contribution is 2.19. The van der Waals surface area contributed by atoms with Crippen molar-refractivity contribution in [2.24, 2.45) is 0 Å². The molecule has 0 atom stereocenters. The zero-order valence-electron chi connectivity index (χ0n) is 9.78. The van der Waals surface area contributed by atoms with E-state index in [0.29, 0.717) is 15.6 Å². The molecule has 0 aliphatic rings. The lowest BCUT2D eigenvalue weighted by atomic mass is 10.0. The molecular weight excluding hydrogens is 269 g/mol. The van der Waals surface area contributed by atoms with E-state index in [1.807, 2.05) is 6.92 Å². The number of ketones is 1. The van der Waals surface area contributed by atoms with Gasteiger partial charge in [-0.1, -0.05) is 23.2 Å². The number of hydrogen-bond donors (Lipinski definition) is 0. The Morgan fingerprint density at radius 1 is 1.22 bits per heavy atom. The van der Waals surface area contributed by atoms with Crippen LogP contribution in [0.4, 0.5) is 0 Å². The van der Waals surface area contributed by atoms with Crippen LogP contribution in [0.3, 0.4) is 0 Å². The maximum Gasteiger partial charge on any atom is 0.167 e. The van der Waals surface area contributed by atoms with Gasteiger partial charge < -0.3 is 0 Å². The summed E-state index contributed by atoms with van der Waals surface area (Å²) in [5.41, 5.74) is 2.32. The zero-order chi connectivity index (χ0) is 13.1. The van der Waals surface area contributed by atoms with Gasteiger partial charge in [-0.25, -0.2) is 0 Å². The Labute approximate surface area is 116 Å². The normalized spacial score (nSPS) is 10.4. The van der Waals surface area contributed by atoms with E-state index in [1.54, 1.807) is 30.5 Å². The number of nitrogens with zero attached hydrogens (tertiary/aromatic N) is 1. The molecule has 4 heteroatoms. The topological polar surface area (TPSA) is 30.0 Å². The van der Waals surface area contributed by atoms with Gasteiger partial charge in [0.05, 0.1) is 5.02 Å². The van der Waals surface area contributed by atoms with Crippen molar-refractivity contribution in [3.63, 3.8) is 0 Å². The quantitative estimate of drug-likeness (QED) is 0.791. The van der Waals surface area contributed by atoms with Gasteiger partial charge in [-0.2, -0.15) is 0 Å². The van der Waals surface area contributed by atoms with E-state index in [-0.39, 0.29) is 12.2 Å². The fraction of sp³-hybridized carbons (Fsp3) is 0.143. The predicted molar refractivity (Wildman–Crippen MR) is 73.5 cm³/mol. The summed E-state index contributed by atoms with van der Waals surface area (Å²) in [5, 5.41) is 1.17. The Morgan fingerprint density at radius 2 is 2.00 bits per heavy atom. The highest BCUT2D eigenvalue weighted by molar-refractivity contribution is 6.32. The summed E-state index contributed by atoms with van der Waals surface area (Å²) in [6.45, 7) is 1.87. The third-order valence-electron chi connectivity index (χ3n) is 2.69. The maximum absolute atomic E-state index is 12.1. The largest absolute Gasteiger partial charge is 0.294 e. The molecule has 0 bridgehead atoms. The summed E-state index contributed by atoms with van der Waals surface area (Å²) in [6, 6.07) is 7.01. The van der Waals surface area contributed by atoms with Crippen LogP contribution in [0.5, 0.6) is 0 Å². The monoisotopic (exact) mass is 279 g/mol.